The number of nitrogens with zero attached hydrogens (tertiary/aromatic N) is 4. The molecule has 0 saturated heterocycles. The molecule has 142 valence electrons. The molecule has 0 spiro atoms. The normalized spacial score (nSPS) is 11.2. The zero-order chi connectivity index (χ0) is 19.6. The minimum absolute atomic E-state index is 0.120. The second kappa shape index (κ2) is 8.18. The number of anilines is 1. The molecule has 0 unspecified atom stereocenters. The van der Waals surface area contributed by atoms with Crippen molar-refractivity contribution in [3.05, 3.63) is 63.1 Å². The van der Waals surface area contributed by atoms with E-state index in [2.05, 4.69) is 31.4 Å². The van der Waals surface area contributed by atoms with Gasteiger partial charge in [0, 0.05) is 11.9 Å². The van der Waals surface area contributed by atoms with Gasteiger partial charge in [-0.05, 0) is 40.5 Å². The van der Waals surface area contributed by atoms with Crippen molar-refractivity contribution < 1.29 is 13.6 Å². The van der Waals surface area contributed by atoms with Gasteiger partial charge in [0.2, 0.25) is 5.91 Å². The quantitative estimate of drug-likeness (QED) is 0.594. The van der Waals surface area contributed by atoms with Crippen LogP contribution in [0, 0.1) is 6.92 Å². The molecule has 0 aliphatic heterocycles. The van der Waals surface area contributed by atoms with Crippen molar-refractivity contribution >= 4 is 39.1 Å². The monoisotopic (exact) mass is 457 g/mol. The standard InChI is InChI=1S/C17H15BrClF2N5O/c1-10-15(19)16(17(20)21)24-26(10)9-14(27)23-13-4-2-3-11(5-13)7-25-8-12(18)6-22-25/h2-6,8,17H,7,9H2,1H3,(H,23,27). The number of nitrogens with one attached hydrogen (secondary N) is 1. The first-order valence-corrected chi connectivity index (χ1v) is 9.08. The summed E-state index contributed by atoms with van der Waals surface area (Å²) >= 11 is 9.19. The minimum atomic E-state index is -2.79. The Labute approximate surface area is 167 Å². The Balaban J connectivity index is 1.68. The summed E-state index contributed by atoms with van der Waals surface area (Å²) in [6.07, 6.45) is 0.743. The number of benzene rings is 1. The van der Waals surface area contributed by atoms with Gasteiger partial charge in [-0.2, -0.15) is 10.2 Å². The number of hydrogen-bond acceptors (Lipinski definition) is 3. The first kappa shape index (κ1) is 19.5. The first-order chi connectivity index (χ1) is 12.8. The van der Waals surface area contributed by atoms with Crippen LogP contribution in [0.3, 0.4) is 0 Å². The molecule has 0 radical (unpaired) electrons. The maximum absolute atomic E-state index is 12.9. The van der Waals surface area contributed by atoms with E-state index < -0.39 is 18.0 Å². The zero-order valence-electron chi connectivity index (χ0n) is 14.2. The Morgan fingerprint density at radius 3 is 2.81 bits per heavy atom. The number of carbonyl (C=O) groups is 1. The van der Waals surface area contributed by atoms with E-state index in [1.54, 1.807) is 16.9 Å². The molecule has 0 aliphatic rings. The largest absolute Gasteiger partial charge is 0.324 e. The maximum Gasteiger partial charge on any atom is 0.283 e. The highest BCUT2D eigenvalue weighted by Crippen LogP contribution is 2.28. The molecule has 1 aromatic carbocycles. The molecule has 0 atom stereocenters. The van der Waals surface area contributed by atoms with Crippen molar-refractivity contribution in [2.45, 2.75) is 26.4 Å². The first-order valence-electron chi connectivity index (χ1n) is 7.91. The smallest absolute Gasteiger partial charge is 0.283 e. The summed E-state index contributed by atoms with van der Waals surface area (Å²) in [5.41, 5.74) is 1.34. The van der Waals surface area contributed by atoms with Crippen LogP contribution in [0.25, 0.3) is 0 Å². The highest BCUT2D eigenvalue weighted by Gasteiger charge is 2.21. The summed E-state index contributed by atoms with van der Waals surface area (Å²) in [6.45, 7) is 1.87. The lowest BCUT2D eigenvalue weighted by Crippen LogP contribution is -2.20. The molecule has 0 fully saturated rings. The Morgan fingerprint density at radius 2 is 2.19 bits per heavy atom. The number of rotatable bonds is 6. The third kappa shape index (κ3) is 4.72. The second-order valence-electron chi connectivity index (χ2n) is 5.85. The van der Waals surface area contributed by atoms with Gasteiger partial charge >= 0.3 is 0 Å². The molecule has 3 rings (SSSR count). The third-order valence-corrected chi connectivity index (χ3v) is 4.69. The molecule has 0 aliphatic carbocycles. The SMILES string of the molecule is Cc1c(Cl)c(C(F)F)nn1CC(=O)Nc1cccc(Cn2cc(Br)cn2)c1. The van der Waals surface area contributed by atoms with E-state index in [1.807, 2.05) is 24.4 Å². The van der Waals surface area contributed by atoms with Gasteiger partial charge in [0.05, 0.1) is 27.9 Å². The minimum Gasteiger partial charge on any atom is -0.324 e. The van der Waals surface area contributed by atoms with E-state index in [-0.39, 0.29) is 11.6 Å². The van der Waals surface area contributed by atoms with E-state index in [4.69, 9.17) is 11.6 Å². The van der Waals surface area contributed by atoms with Gasteiger partial charge in [-0.15, -0.1) is 0 Å². The van der Waals surface area contributed by atoms with E-state index in [9.17, 15) is 13.6 Å². The van der Waals surface area contributed by atoms with Crippen molar-refractivity contribution in [1.82, 2.24) is 19.6 Å². The van der Waals surface area contributed by atoms with Gasteiger partial charge < -0.3 is 5.32 Å². The van der Waals surface area contributed by atoms with Crippen LogP contribution < -0.4 is 5.32 Å². The van der Waals surface area contributed by atoms with E-state index >= 15 is 0 Å². The maximum atomic E-state index is 12.9. The lowest BCUT2D eigenvalue weighted by atomic mass is 10.2. The number of alkyl halides is 2. The topological polar surface area (TPSA) is 64.7 Å². The van der Waals surface area contributed by atoms with Crippen LogP contribution in [0.15, 0.2) is 41.1 Å². The van der Waals surface area contributed by atoms with Crippen LogP contribution in [-0.2, 0) is 17.9 Å². The van der Waals surface area contributed by atoms with Crippen molar-refractivity contribution in [3.63, 3.8) is 0 Å². The van der Waals surface area contributed by atoms with Gasteiger partial charge in [-0.1, -0.05) is 23.7 Å². The third-order valence-electron chi connectivity index (χ3n) is 3.82. The fourth-order valence-electron chi connectivity index (χ4n) is 2.54. The summed E-state index contributed by atoms with van der Waals surface area (Å²) in [5, 5.41) is 10.5. The Morgan fingerprint density at radius 1 is 1.41 bits per heavy atom. The van der Waals surface area contributed by atoms with E-state index in [0.29, 0.717) is 17.9 Å². The van der Waals surface area contributed by atoms with Crippen LogP contribution in [0.1, 0.15) is 23.4 Å². The van der Waals surface area contributed by atoms with Crippen LogP contribution in [0.5, 0.6) is 0 Å². The van der Waals surface area contributed by atoms with Crippen LogP contribution in [-0.4, -0.2) is 25.5 Å². The lowest BCUT2D eigenvalue weighted by Gasteiger charge is -2.09. The molecule has 3 aromatic rings. The predicted octanol–water partition coefficient (Wildman–Crippen LogP) is 4.43. The van der Waals surface area contributed by atoms with Crippen molar-refractivity contribution in [3.8, 4) is 0 Å². The second-order valence-corrected chi connectivity index (χ2v) is 7.14. The van der Waals surface area contributed by atoms with E-state index in [1.165, 1.54) is 11.6 Å². The number of hydrogen-bond donors (Lipinski definition) is 1. The molecular formula is C17H15BrClF2N5O. The predicted molar refractivity (Wildman–Crippen MR) is 101 cm³/mol. The molecule has 0 saturated carbocycles. The highest BCUT2D eigenvalue weighted by atomic mass is 79.9. The molecule has 27 heavy (non-hydrogen) atoms. The molecule has 6 nitrogen and oxygen atoms in total. The number of aromatic nitrogens is 4. The average molecular weight is 459 g/mol. The number of halogens is 4. The average Bonchev–Trinajstić information content (AvgIpc) is 3.13. The Bertz CT molecular complexity index is 972. The van der Waals surface area contributed by atoms with Crippen molar-refractivity contribution in [1.29, 1.82) is 0 Å². The molecule has 2 heterocycles. The molecule has 0 bridgehead atoms. The molecule has 10 heteroatoms. The van der Waals surface area contributed by atoms with Gasteiger partial charge in [-0.25, -0.2) is 8.78 Å². The Hall–Kier alpha value is -2.26. The van der Waals surface area contributed by atoms with Crippen molar-refractivity contribution in [2.24, 2.45) is 0 Å². The van der Waals surface area contributed by atoms with Crippen LogP contribution in [0.4, 0.5) is 14.5 Å². The van der Waals surface area contributed by atoms with Crippen molar-refractivity contribution in [2.75, 3.05) is 5.32 Å². The molecule has 2 aromatic heterocycles. The molecule has 1 N–H and O–H groups in total. The highest BCUT2D eigenvalue weighted by molar-refractivity contribution is 9.10. The molecular weight excluding hydrogens is 444 g/mol. The Kier molecular flexibility index (Phi) is 5.91. The number of amides is 1. The van der Waals surface area contributed by atoms with Crippen LogP contribution >= 0.6 is 27.5 Å². The summed E-state index contributed by atoms with van der Waals surface area (Å²) in [4.78, 5) is 12.3. The van der Waals surface area contributed by atoms with Gasteiger partial charge in [0.1, 0.15) is 12.2 Å². The fourth-order valence-corrected chi connectivity index (χ4v) is 3.08. The zero-order valence-corrected chi connectivity index (χ0v) is 16.5. The lowest BCUT2D eigenvalue weighted by molar-refractivity contribution is -0.117. The number of carbonyl (C=O) groups excluding carboxylic acids is 1. The van der Waals surface area contributed by atoms with E-state index in [0.717, 1.165) is 10.0 Å². The summed E-state index contributed by atoms with van der Waals surface area (Å²) < 4.78 is 29.5. The summed E-state index contributed by atoms with van der Waals surface area (Å²) in [5.74, 6) is -0.392. The summed E-state index contributed by atoms with van der Waals surface area (Å²) in [6, 6.07) is 7.29. The molecule has 1 amide bonds. The summed E-state index contributed by atoms with van der Waals surface area (Å²) in [7, 11) is 0. The fraction of sp³-hybridized carbons (Fsp3) is 0.235. The van der Waals surface area contributed by atoms with Crippen LogP contribution in [0.2, 0.25) is 5.02 Å². The van der Waals surface area contributed by atoms with Gasteiger partial charge in [-0.3, -0.25) is 14.2 Å². The van der Waals surface area contributed by atoms with Gasteiger partial charge in [0.15, 0.2) is 0 Å². The van der Waals surface area contributed by atoms with Gasteiger partial charge in [0.25, 0.3) is 6.43 Å².